The van der Waals surface area contributed by atoms with E-state index in [0.717, 1.165) is 10.8 Å². The first-order valence-electron chi connectivity index (χ1n) is 5.88. The molecule has 94 valence electrons. The van der Waals surface area contributed by atoms with Crippen LogP contribution in [-0.2, 0) is 4.79 Å². The quantitative estimate of drug-likeness (QED) is 0.536. The highest BCUT2D eigenvalue weighted by Crippen LogP contribution is 2.25. The average Bonchev–Trinajstić information content (AvgIpc) is 2.39. The number of hydrogen-bond acceptors (Lipinski definition) is 3. The first kappa shape index (κ1) is 11.5. The van der Waals surface area contributed by atoms with Crippen molar-refractivity contribution in [3.05, 3.63) is 52.9 Å². The van der Waals surface area contributed by atoms with Gasteiger partial charge in [-0.25, -0.2) is 4.79 Å². The largest absolute Gasteiger partial charge is 0.422 e. The molecule has 0 radical (unpaired) electrons. The molecule has 1 amide bonds. The molecule has 3 aromatic rings. The van der Waals surface area contributed by atoms with E-state index in [1.54, 1.807) is 24.3 Å². The Morgan fingerprint density at radius 3 is 2.53 bits per heavy atom. The number of rotatable bonds is 1. The van der Waals surface area contributed by atoms with Gasteiger partial charge in [0.05, 0.1) is 5.39 Å². The predicted molar refractivity (Wildman–Crippen MR) is 74.3 cm³/mol. The number of carbonyl (C=O) groups is 1. The van der Waals surface area contributed by atoms with E-state index < -0.39 is 0 Å². The molecule has 0 fully saturated rings. The third-order valence-electron chi connectivity index (χ3n) is 2.94. The van der Waals surface area contributed by atoms with Gasteiger partial charge in [0.2, 0.25) is 5.91 Å². The standard InChI is InChI=1S/C15H11NO3/c1-9(17)16-10-6-7-14-13(8-10)11-4-2-3-5-12(11)15(18)19-14/h2-8H,1H3,(H,16,17). The van der Waals surface area contributed by atoms with Crippen LogP contribution in [0.2, 0.25) is 0 Å². The van der Waals surface area contributed by atoms with Gasteiger partial charge in [-0.2, -0.15) is 0 Å². The summed E-state index contributed by atoms with van der Waals surface area (Å²) in [5.74, 6) is -0.138. The van der Waals surface area contributed by atoms with Gasteiger partial charge < -0.3 is 9.73 Å². The fourth-order valence-corrected chi connectivity index (χ4v) is 2.16. The fraction of sp³-hybridized carbons (Fsp3) is 0.0667. The lowest BCUT2D eigenvalue weighted by molar-refractivity contribution is -0.114. The maximum atomic E-state index is 11.8. The third-order valence-corrected chi connectivity index (χ3v) is 2.94. The van der Waals surface area contributed by atoms with Crippen molar-refractivity contribution in [1.29, 1.82) is 0 Å². The van der Waals surface area contributed by atoms with Crippen molar-refractivity contribution >= 4 is 33.3 Å². The summed E-state index contributed by atoms with van der Waals surface area (Å²) in [5.41, 5.74) is 0.840. The Morgan fingerprint density at radius 2 is 1.79 bits per heavy atom. The van der Waals surface area contributed by atoms with Crippen LogP contribution in [0, 0.1) is 0 Å². The van der Waals surface area contributed by atoms with Crippen molar-refractivity contribution < 1.29 is 9.21 Å². The number of nitrogens with one attached hydrogen (secondary N) is 1. The molecular formula is C15H11NO3. The average molecular weight is 253 g/mol. The highest BCUT2D eigenvalue weighted by atomic mass is 16.4. The van der Waals surface area contributed by atoms with Gasteiger partial charge in [0, 0.05) is 18.0 Å². The minimum absolute atomic E-state index is 0.138. The second-order valence-corrected chi connectivity index (χ2v) is 4.33. The second kappa shape index (κ2) is 4.24. The van der Waals surface area contributed by atoms with Crippen LogP contribution in [0.5, 0.6) is 0 Å². The zero-order chi connectivity index (χ0) is 13.4. The molecule has 1 heterocycles. The van der Waals surface area contributed by atoms with E-state index >= 15 is 0 Å². The summed E-state index contributed by atoms with van der Waals surface area (Å²) in [7, 11) is 0. The molecule has 19 heavy (non-hydrogen) atoms. The van der Waals surface area contributed by atoms with Gasteiger partial charge in [-0.1, -0.05) is 18.2 Å². The van der Waals surface area contributed by atoms with Gasteiger partial charge in [0.15, 0.2) is 0 Å². The number of carbonyl (C=O) groups excluding carboxylic acids is 1. The topological polar surface area (TPSA) is 59.3 Å². The van der Waals surface area contributed by atoms with Crippen LogP contribution < -0.4 is 10.9 Å². The SMILES string of the molecule is CC(=O)Nc1ccc2oc(=O)c3ccccc3c2c1. The lowest BCUT2D eigenvalue weighted by Gasteiger charge is -2.05. The summed E-state index contributed by atoms with van der Waals surface area (Å²) in [6.45, 7) is 1.45. The van der Waals surface area contributed by atoms with E-state index in [1.807, 2.05) is 18.2 Å². The Bertz CT molecular complexity index is 849. The summed E-state index contributed by atoms with van der Waals surface area (Å²) in [5, 5.41) is 4.88. The molecule has 3 rings (SSSR count). The van der Waals surface area contributed by atoms with Gasteiger partial charge in [0.1, 0.15) is 5.58 Å². The Morgan fingerprint density at radius 1 is 1.05 bits per heavy atom. The van der Waals surface area contributed by atoms with Gasteiger partial charge in [0.25, 0.3) is 0 Å². The maximum Gasteiger partial charge on any atom is 0.344 e. The van der Waals surface area contributed by atoms with E-state index in [-0.39, 0.29) is 11.5 Å². The van der Waals surface area contributed by atoms with Gasteiger partial charge >= 0.3 is 5.63 Å². The van der Waals surface area contributed by atoms with Crippen LogP contribution in [0.25, 0.3) is 21.7 Å². The van der Waals surface area contributed by atoms with Gasteiger partial charge in [-0.3, -0.25) is 4.79 Å². The molecular weight excluding hydrogens is 242 g/mol. The lowest BCUT2D eigenvalue weighted by Crippen LogP contribution is -2.06. The zero-order valence-corrected chi connectivity index (χ0v) is 10.3. The van der Waals surface area contributed by atoms with E-state index in [4.69, 9.17) is 4.42 Å². The summed E-state index contributed by atoms with van der Waals surface area (Å²) < 4.78 is 5.27. The molecule has 0 aliphatic heterocycles. The maximum absolute atomic E-state index is 11.8. The van der Waals surface area contributed by atoms with Crippen molar-refractivity contribution in [2.24, 2.45) is 0 Å². The van der Waals surface area contributed by atoms with Crippen LogP contribution in [-0.4, -0.2) is 5.91 Å². The molecule has 0 aliphatic rings. The lowest BCUT2D eigenvalue weighted by atomic mass is 10.1. The molecule has 0 unspecified atom stereocenters. The van der Waals surface area contributed by atoms with E-state index in [0.29, 0.717) is 16.7 Å². The van der Waals surface area contributed by atoms with Crippen molar-refractivity contribution in [2.45, 2.75) is 6.92 Å². The van der Waals surface area contributed by atoms with Gasteiger partial charge in [-0.05, 0) is 29.7 Å². The summed E-state index contributed by atoms with van der Waals surface area (Å²) in [4.78, 5) is 22.9. The van der Waals surface area contributed by atoms with Crippen molar-refractivity contribution in [3.8, 4) is 0 Å². The molecule has 0 bridgehead atoms. The first-order chi connectivity index (χ1) is 9.15. The van der Waals surface area contributed by atoms with Crippen LogP contribution >= 0.6 is 0 Å². The van der Waals surface area contributed by atoms with E-state index in [2.05, 4.69) is 5.32 Å². The summed E-state index contributed by atoms with van der Waals surface area (Å²) in [6.07, 6.45) is 0. The molecule has 0 saturated heterocycles. The number of amides is 1. The fourth-order valence-electron chi connectivity index (χ4n) is 2.16. The molecule has 0 atom stereocenters. The summed E-state index contributed by atoms with van der Waals surface area (Å²) >= 11 is 0. The smallest absolute Gasteiger partial charge is 0.344 e. The Labute approximate surface area is 108 Å². The van der Waals surface area contributed by atoms with Crippen LogP contribution in [0.15, 0.2) is 51.7 Å². The van der Waals surface area contributed by atoms with E-state index in [1.165, 1.54) is 6.92 Å². The summed E-state index contributed by atoms with van der Waals surface area (Å²) in [6, 6.07) is 12.5. The van der Waals surface area contributed by atoms with Gasteiger partial charge in [-0.15, -0.1) is 0 Å². The number of hydrogen-bond donors (Lipinski definition) is 1. The molecule has 0 spiro atoms. The minimum atomic E-state index is -0.352. The monoisotopic (exact) mass is 253 g/mol. The van der Waals surface area contributed by atoms with Crippen LogP contribution in [0.4, 0.5) is 5.69 Å². The number of fused-ring (bicyclic) bond motifs is 3. The zero-order valence-electron chi connectivity index (χ0n) is 10.3. The Kier molecular flexibility index (Phi) is 2.56. The molecule has 0 aliphatic carbocycles. The Balaban J connectivity index is 2.37. The van der Waals surface area contributed by atoms with E-state index in [9.17, 15) is 9.59 Å². The number of anilines is 1. The molecule has 4 nitrogen and oxygen atoms in total. The minimum Gasteiger partial charge on any atom is -0.422 e. The highest BCUT2D eigenvalue weighted by Gasteiger charge is 2.07. The van der Waals surface area contributed by atoms with Crippen LogP contribution in [0.3, 0.4) is 0 Å². The predicted octanol–water partition coefficient (Wildman–Crippen LogP) is 2.90. The molecule has 1 N–H and O–H groups in total. The Hall–Kier alpha value is -2.62. The normalized spacial score (nSPS) is 10.8. The van der Waals surface area contributed by atoms with Crippen molar-refractivity contribution in [2.75, 3.05) is 5.32 Å². The second-order valence-electron chi connectivity index (χ2n) is 4.33. The molecule has 0 saturated carbocycles. The third kappa shape index (κ3) is 1.97. The first-order valence-corrected chi connectivity index (χ1v) is 5.88. The van der Waals surface area contributed by atoms with Crippen molar-refractivity contribution in [1.82, 2.24) is 0 Å². The molecule has 2 aromatic carbocycles. The number of benzene rings is 2. The van der Waals surface area contributed by atoms with Crippen molar-refractivity contribution in [3.63, 3.8) is 0 Å². The van der Waals surface area contributed by atoms with Crippen LogP contribution in [0.1, 0.15) is 6.92 Å². The highest BCUT2D eigenvalue weighted by molar-refractivity contribution is 6.06. The molecule has 1 aromatic heterocycles. The molecule has 4 heteroatoms.